The van der Waals surface area contributed by atoms with E-state index in [0.717, 1.165) is 35.2 Å². The van der Waals surface area contributed by atoms with Crippen molar-refractivity contribution in [2.45, 2.75) is 12.8 Å². The Bertz CT molecular complexity index is 2070. The number of hydrogen-bond acceptors (Lipinski definition) is 3. The number of fused-ring (bicyclic) bond motifs is 15. The number of benzene rings is 3. The monoisotopic (exact) mass is 446 g/mol. The van der Waals surface area contributed by atoms with Gasteiger partial charge in [-0.3, -0.25) is 9.38 Å². The highest BCUT2D eigenvalue weighted by atomic mass is 15.1. The van der Waals surface area contributed by atoms with Crippen molar-refractivity contribution in [2.24, 2.45) is 0 Å². The third-order valence-corrected chi connectivity index (χ3v) is 7.97. The summed E-state index contributed by atoms with van der Waals surface area (Å²) in [6, 6.07) is 24.5. The molecule has 4 heteroatoms. The maximum absolute atomic E-state index is 4.97. The summed E-state index contributed by atoms with van der Waals surface area (Å²) in [5, 5.41) is 3.68. The maximum atomic E-state index is 4.97. The zero-order valence-electron chi connectivity index (χ0n) is 18.8. The Morgan fingerprint density at radius 1 is 0.657 bits per heavy atom. The van der Waals surface area contributed by atoms with Crippen LogP contribution in [0.15, 0.2) is 85.3 Å². The lowest BCUT2D eigenvalue weighted by atomic mass is 9.96. The van der Waals surface area contributed by atoms with Gasteiger partial charge >= 0.3 is 0 Å². The van der Waals surface area contributed by atoms with Crippen molar-refractivity contribution in [3.05, 3.63) is 108 Å². The quantitative estimate of drug-likeness (QED) is 0.243. The molecule has 3 aromatic carbocycles. The molecule has 0 bridgehead atoms. The van der Waals surface area contributed by atoms with Gasteiger partial charge in [-0.25, -0.2) is 9.97 Å². The average Bonchev–Trinajstić information content (AvgIpc) is 3.58. The van der Waals surface area contributed by atoms with Gasteiger partial charge in [-0.05, 0) is 93.1 Å². The molecule has 0 N–H and O–H groups in total. The molecule has 9 rings (SSSR count). The standard InChI is InChI=1S/C31H18N4/c1-2-5-20-17(4-1)12-18-13-19-14-26-21(25(19)15-24(18)20)7-8-23-29(26)22-9-11-32-16-28(22)35-27-6-3-10-33-30(27)34-31(23)35/h1-11,13,15-16H,12,14H2. The topological polar surface area (TPSA) is 43.1 Å². The maximum Gasteiger partial charge on any atom is 0.178 e. The first-order valence-corrected chi connectivity index (χ1v) is 12.0. The van der Waals surface area contributed by atoms with Crippen molar-refractivity contribution >= 4 is 38.5 Å². The van der Waals surface area contributed by atoms with E-state index in [1.54, 1.807) is 0 Å². The summed E-state index contributed by atoms with van der Waals surface area (Å²) in [6.07, 6.45) is 7.64. The number of hydrogen-bond donors (Lipinski definition) is 0. The summed E-state index contributed by atoms with van der Waals surface area (Å²) in [5.74, 6) is 0. The van der Waals surface area contributed by atoms with Gasteiger partial charge in [0.05, 0.1) is 17.2 Å². The van der Waals surface area contributed by atoms with E-state index in [2.05, 4.69) is 75.0 Å². The molecule has 4 aromatic heterocycles. The van der Waals surface area contributed by atoms with Crippen molar-refractivity contribution in [2.75, 3.05) is 0 Å². The number of rotatable bonds is 0. The third-order valence-electron chi connectivity index (χ3n) is 7.97. The van der Waals surface area contributed by atoms with E-state index in [9.17, 15) is 0 Å². The van der Waals surface area contributed by atoms with Crippen LogP contribution in [0.1, 0.15) is 22.3 Å². The van der Waals surface area contributed by atoms with Crippen molar-refractivity contribution in [3.63, 3.8) is 0 Å². The SMILES string of the molecule is c1ccc2c(c1)Cc1cc3c(cc1-2)-c1ccc2c(c1C3)c1ccncc1n1c3cccnc3nc21. The molecule has 162 valence electrons. The molecule has 0 spiro atoms. The normalized spacial score (nSPS) is 13.5. The molecule has 0 fully saturated rings. The highest BCUT2D eigenvalue weighted by Crippen LogP contribution is 2.48. The van der Waals surface area contributed by atoms with Gasteiger partial charge in [0.1, 0.15) is 5.65 Å². The van der Waals surface area contributed by atoms with Crippen LogP contribution in [0.25, 0.3) is 60.7 Å². The molecule has 0 radical (unpaired) electrons. The van der Waals surface area contributed by atoms with Gasteiger partial charge < -0.3 is 0 Å². The molecular formula is C31H18N4. The number of pyridine rings is 3. The summed E-state index contributed by atoms with van der Waals surface area (Å²) in [7, 11) is 0. The molecule has 0 amide bonds. The first-order chi connectivity index (χ1) is 17.3. The molecule has 0 saturated carbocycles. The summed E-state index contributed by atoms with van der Waals surface area (Å²) in [6.45, 7) is 0. The Morgan fingerprint density at radius 3 is 2.57 bits per heavy atom. The van der Waals surface area contributed by atoms with Crippen LogP contribution in [0.2, 0.25) is 0 Å². The van der Waals surface area contributed by atoms with Crippen LogP contribution in [0, 0.1) is 0 Å². The van der Waals surface area contributed by atoms with Gasteiger partial charge in [-0.1, -0.05) is 36.4 Å². The van der Waals surface area contributed by atoms with Crippen LogP contribution >= 0.6 is 0 Å². The molecule has 4 nitrogen and oxygen atoms in total. The average molecular weight is 447 g/mol. The van der Waals surface area contributed by atoms with E-state index in [1.165, 1.54) is 60.7 Å². The van der Waals surface area contributed by atoms with E-state index < -0.39 is 0 Å². The first kappa shape index (κ1) is 17.8. The van der Waals surface area contributed by atoms with E-state index >= 15 is 0 Å². The predicted molar refractivity (Wildman–Crippen MR) is 140 cm³/mol. The van der Waals surface area contributed by atoms with Gasteiger partial charge in [0, 0.05) is 23.2 Å². The fraction of sp³-hybridized carbons (Fsp3) is 0.0645. The molecule has 2 aliphatic rings. The van der Waals surface area contributed by atoms with E-state index in [0.29, 0.717) is 0 Å². The molecular weight excluding hydrogens is 428 g/mol. The zero-order valence-corrected chi connectivity index (χ0v) is 18.8. The Labute approximate surface area is 200 Å². The van der Waals surface area contributed by atoms with Gasteiger partial charge in [0.15, 0.2) is 5.65 Å². The van der Waals surface area contributed by atoms with Crippen LogP contribution < -0.4 is 0 Å². The highest BCUT2D eigenvalue weighted by Gasteiger charge is 2.27. The van der Waals surface area contributed by atoms with E-state index in [4.69, 9.17) is 4.98 Å². The third kappa shape index (κ3) is 2.15. The molecule has 35 heavy (non-hydrogen) atoms. The van der Waals surface area contributed by atoms with Gasteiger partial charge in [-0.15, -0.1) is 0 Å². The first-order valence-electron chi connectivity index (χ1n) is 12.0. The highest BCUT2D eigenvalue weighted by molar-refractivity contribution is 6.17. The van der Waals surface area contributed by atoms with Crippen molar-refractivity contribution in [3.8, 4) is 22.3 Å². The minimum Gasteiger partial charge on any atom is -0.288 e. The second kappa shape index (κ2) is 6.10. The fourth-order valence-corrected chi connectivity index (χ4v) is 6.51. The van der Waals surface area contributed by atoms with Crippen LogP contribution in [-0.4, -0.2) is 19.4 Å². The number of aromatic nitrogens is 4. The lowest BCUT2D eigenvalue weighted by molar-refractivity contribution is 1.22. The largest absolute Gasteiger partial charge is 0.288 e. The minimum absolute atomic E-state index is 0.768. The number of nitrogens with zero attached hydrogens (tertiary/aromatic N) is 4. The molecule has 0 aliphatic heterocycles. The summed E-state index contributed by atoms with van der Waals surface area (Å²) in [4.78, 5) is 14.0. The van der Waals surface area contributed by atoms with Gasteiger partial charge in [-0.2, -0.15) is 0 Å². The van der Waals surface area contributed by atoms with E-state index in [1.807, 2.05) is 24.7 Å². The second-order valence-corrected chi connectivity index (χ2v) is 9.70. The van der Waals surface area contributed by atoms with E-state index in [-0.39, 0.29) is 0 Å². The Morgan fingerprint density at radius 2 is 1.57 bits per heavy atom. The summed E-state index contributed by atoms with van der Waals surface area (Å²) < 4.78 is 2.22. The smallest absolute Gasteiger partial charge is 0.178 e. The lowest BCUT2D eigenvalue weighted by Gasteiger charge is -2.12. The molecule has 0 unspecified atom stereocenters. The van der Waals surface area contributed by atoms with Gasteiger partial charge in [0.25, 0.3) is 0 Å². The molecule has 0 saturated heterocycles. The Balaban J connectivity index is 1.40. The van der Waals surface area contributed by atoms with Crippen molar-refractivity contribution < 1.29 is 0 Å². The predicted octanol–water partition coefficient (Wildman–Crippen LogP) is 6.73. The lowest BCUT2D eigenvalue weighted by Crippen LogP contribution is -1.95. The fourth-order valence-electron chi connectivity index (χ4n) is 6.51. The van der Waals surface area contributed by atoms with Gasteiger partial charge in [0.2, 0.25) is 0 Å². The van der Waals surface area contributed by atoms with Crippen molar-refractivity contribution in [1.29, 1.82) is 0 Å². The Kier molecular flexibility index (Phi) is 3.11. The summed E-state index contributed by atoms with van der Waals surface area (Å²) >= 11 is 0. The second-order valence-electron chi connectivity index (χ2n) is 9.70. The Hall–Kier alpha value is -4.57. The zero-order chi connectivity index (χ0) is 22.7. The number of imidazole rings is 1. The summed E-state index contributed by atoms with van der Waals surface area (Å²) in [5.41, 5.74) is 15.0. The van der Waals surface area contributed by atoms with Crippen LogP contribution in [0.3, 0.4) is 0 Å². The van der Waals surface area contributed by atoms with Crippen LogP contribution in [0.5, 0.6) is 0 Å². The molecule has 0 atom stereocenters. The molecule has 4 heterocycles. The molecule has 2 aliphatic carbocycles. The molecule has 7 aromatic rings. The van der Waals surface area contributed by atoms with Crippen LogP contribution in [-0.2, 0) is 12.8 Å². The van der Waals surface area contributed by atoms with Crippen molar-refractivity contribution in [1.82, 2.24) is 19.4 Å². The van der Waals surface area contributed by atoms with Crippen LogP contribution in [0.4, 0.5) is 0 Å². The minimum atomic E-state index is 0.768.